The lowest BCUT2D eigenvalue weighted by Crippen LogP contribution is -2.44. The molecule has 188 valence electrons. The van der Waals surface area contributed by atoms with Gasteiger partial charge in [-0.05, 0) is 36.2 Å². The van der Waals surface area contributed by atoms with Crippen molar-refractivity contribution >= 4 is 34.9 Å². The number of nitrogens with zero attached hydrogens (tertiary/aromatic N) is 3. The summed E-state index contributed by atoms with van der Waals surface area (Å²) in [5.41, 5.74) is -1.68. The van der Waals surface area contributed by atoms with Gasteiger partial charge in [-0.2, -0.15) is 13.2 Å². The van der Waals surface area contributed by atoms with E-state index in [9.17, 15) is 22.4 Å². The zero-order chi connectivity index (χ0) is 25.5. The van der Waals surface area contributed by atoms with Crippen molar-refractivity contribution in [1.29, 1.82) is 0 Å². The van der Waals surface area contributed by atoms with Crippen LogP contribution in [0.2, 0.25) is 10.0 Å². The summed E-state index contributed by atoms with van der Waals surface area (Å²) in [4.78, 5) is 23.2. The van der Waals surface area contributed by atoms with Crippen molar-refractivity contribution in [2.45, 2.75) is 44.3 Å². The SMILES string of the molecule is COCC(C)NC(=O)c1cc2c(cn1)CN(C1=NOC(c3cc(Cl)c(F)c(Cl)c3)(C(F)(F)F)C1)C2. The van der Waals surface area contributed by atoms with E-state index in [1.165, 1.54) is 13.3 Å². The lowest BCUT2D eigenvalue weighted by atomic mass is 9.89. The van der Waals surface area contributed by atoms with Gasteiger partial charge in [0.2, 0.25) is 0 Å². The summed E-state index contributed by atoms with van der Waals surface area (Å²) in [6.07, 6.45) is -4.06. The number of carbonyl (C=O) groups is 1. The van der Waals surface area contributed by atoms with Crippen LogP contribution in [-0.2, 0) is 28.3 Å². The van der Waals surface area contributed by atoms with E-state index < -0.39 is 45.5 Å². The summed E-state index contributed by atoms with van der Waals surface area (Å²) in [5, 5.41) is 5.37. The fourth-order valence-electron chi connectivity index (χ4n) is 4.02. The van der Waals surface area contributed by atoms with Gasteiger partial charge in [-0.3, -0.25) is 9.78 Å². The fourth-order valence-corrected chi connectivity index (χ4v) is 4.51. The van der Waals surface area contributed by atoms with Gasteiger partial charge in [0.1, 0.15) is 11.5 Å². The maximum Gasteiger partial charge on any atom is 0.435 e. The van der Waals surface area contributed by atoms with E-state index in [1.54, 1.807) is 17.9 Å². The van der Waals surface area contributed by atoms with Gasteiger partial charge < -0.3 is 19.8 Å². The number of amidine groups is 1. The third-order valence-electron chi connectivity index (χ3n) is 5.82. The zero-order valence-electron chi connectivity index (χ0n) is 18.5. The van der Waals surface area contributed by atoms with Gasteiger partial charge >= 0.3 is 6.18 Å². The Bertz CT molecular complexity index is 1170. The Labute approximate surface area is 208 Å². The normalized spacial score (nSPS) is 20.3. The molecule has 3 heterocycles. The molecule has 4 rings (SSSR count). The minimum atomic E-state index is -4.90. The van der Waals surface area contributed by atoms with Gasteiger partial charge in [0.05, 0.1) is 23.1 Å². The highest BCUT2D eigenvalue weighted by Crippen LogP contribution is 2.50. The molecule has 1 aromatic heterocycles. The standard InChI is InChI=1S/C22H20Cl2F4N4O3/c1-11(10-34-2)30-20(33)17-3-12-8-32(9-13(12)7-29-17)18-6-21(35-31-18,22(26,27)28)14-4-15(23)19(25)16(24)5-14/h3-5,7,11H,6,8-10H2,1-2H3,(H,30,33). The number of hydrogen-bond acceptors (Lipinski definition) is 6. The van der Waals surface area contributed by atoms with Crippen molar-refractivity contribution in [3.05, 3.63) is 62.6 Å². The van der Waals surface area contributed by atoms with E-state index in [1.807, 2.05) is 0 Å². The number of halogens is 6. The fraction of sp³-hybridized carbons (Fsp3) is 0.409. The molecular weight excluding hydrogens is 515 g/mol. The van der Waals surface area contributed by atoms with Crippen molar-refractivity contribution in [2.75, 3.05) is 13.7 Å². The molecule has 2 aliphatic heterocycles. The minimum Gasteiger partial charge on any atom is -0.383 e. The quantitative estimate of drug-likeness (QED) is 0.440. The first-order valence-corrected chi connectivity index (χ1v) is 11.2. The summed E-state index contributed by atoms with van der Waals surface area (Å²) in [7, 11) is 1.52. The van der Waals surface area contributed by atoms with E-state index >= 15 is 0 Å². The highest BCUT2D eigenvalue weighted by Gasteiger charge is 2.63. The first-order valence-electron chi connectivity index (χ1n) is 10.4. The van der Waals surface area contributed by atoms with Gasteiger partial charge in [0.25, 0.3) is 11.5 Å². The lowest BCUT2D eigenvalue weighted by Gasteiger charge is -2.30. The minimum absolute atomic E-state index is 0.0369. The van der Waals surface area contributed by atoms with E-state index in [-0.39, 0.29) is 30.7 Å². The number of pyridine rings is 1. The predicted octanol–water partition coefficient (Wildman–Crippen LogP) is 4.80. The van der Waals surface area contributed by atoms with Gasteiger partial charge in [-0.15, -0.1) is 0 Å². The van der Waals surface area contributed by atoms with Crippen molar-refractivity contribution in [1.82, 2.24) is 15.2 Å². The second-order valence-corrected chi connectivity index (χ2v) is 9.19. The van der Waals surface area contributed by atoms with Crippen LogP contribution in [0.4, 0.5) is 17.6 Å². The average Bonchev–Trinajstić information content (AvgIpc) is 3.41. The number of oxime groups is 1. The Morgan fingerprint density at radius 1 is 1.26 bits per heavy atom. The first-order chi connectivity index (χ1) is 16.4. The molecule has 0 saturated heterocycles. The third-order valence-corrected chi connectivity index (χ3v) is 6.37. The lowest BCUT2D eigenvalue weighted by molar-refractivity contribution is -0.275. The molecule has 2 aromatic rings. The van der Waals surface area contributed by atoms with Crippen LogP contribution in [0.15, 0.2) is 29.6 Å². The number of nitrogens with one attached hydrogen (secondary N) is 1. The molecule has 35 heavy (non-hydrogen) atoms. The van der Waals surface area contributed by atoms with Crippen LogP contribution in [0.5, 0.6) is 0 Å². The topological polar surface area (TPSA) is 76.0 Å². The molecule has 0 spiro atoms. The van der Waals surface area contributed by atoms with Crippen molar-refractivity contribution in [3.63, 3.8) is 0 Å². The van der Waals surface area contributed by atoms with E-state index in [0.29, 0.717) is 6.61 Å². The number of fused-ring (bicyclic) bond motifs is 1. The summed E-state index contributed by atoms with van der Waals surface area (Å²) in [6, 6.07) is 3.05. The Balaban J connectivity index is 1.54. The van der Waals surface area contributed by atoms with E-state index in [2.05, 4.69) is 15.5 Å². The van der Waals surface area contributed by atoms with E-state index in [4.69, 9.17) is 32.8 Å². The van der Waals surface area contributed by atoms with Crippen molar-refractivity contribution < 1.29 is 31.9 Å². The van der Waals surface area contributed by atoms with Crippen LogP contribution in [-0.4, -0.2) is 47.6 Å². The molecule has 7 nitrogen and oxygen atoms in total. The summed E-state index contributed by atoms with van der Waals surface area (Å²) in [5.74, 6) is -1.37. The highest BCUT2D eigenvalue weighted by atomic mass is 35.5. The molecule has 0 bridgehead atoms. The van der Waals surface area contributed by atoms with Crippen LogP contribution in [0.25, 0.3) is 0 Å². The van der Waals surface area contributed by atoms with Crippen LogP contribution >= 0.6 is 23.2 Å². The van der Waals surface area contributed by atoms with Crippen molar-refractivity contribution in [2.24, 2.45) is 5.16 Å². The molecule has 13 heteroatoms. The third kappa shape index (κ3) is 4.76. The number of ether oxygens (including phenoxy) is 1. The Hall–Kier alpha value is -2.63. The van der Waals surface area contributed by atoms with Gasteiger partial charge in [-0.25, -0.2) is 4.39 Å². The number of benzene rings is 1. The smallest absolute Gasteiger partial charge is 0.383 e. The number of carbonyl (C=O) groups excluding carboxylic acids is 1. The first kappa shape index (κ1) is 25.5. The van der Waals surface area contributed by atoms with Gasteiger partial charge in [0.15, 0.2) is 5.82 Å². The summed E-state index contributed by atoms with van der Waals surface area (Å²) in [6.45, 7) is 2.54. The molecule has 0 radical (unpaired) electrons. The number of aromatic nitrogens is 1. The molecule has 1 aromatic carbocycles. The Kier molecular flexibility index (Phi) is 6.87. The number of rotatable bonds is 5. The molecular formula is C22H20Cl2F4N4O3. The maximum absolute atomic E-state index is 14.2. The molecule has 0 fully saturated rings. The second-order valence-electron chi connectivity index (χ2n) is 8.38. The summed E-state index contributed by atoms with van der Waals surface area (Å²) < 4.78 is 61.5. The number of hydrogen-bond donors (Lipinski definition) is 1. The molecule has 0 aliphatic carbocycles. The molecule has 2 unspecified atom stereocenters. The second kappa shape index (κ2) is 9.44. The Morgan fingerprint density at radius 3 is 2.54 bits per heavy atom. The average molecular weight is 535 g/mol. The van der Waals surface area contributed by atoms with Gasteiger partial charge in [-0.1, -0.05) is 28.4 Å². The van der Waals surface area contributed by atoms with Crippen LogP contribution < -0.4 is 5.32 Å². The number of methoxy groups -OCH3 is 1. The molecule has 2 aliphatic rings. The molecule has 0 saturated carbocycles. The van der Waals surface area contributed by atoms with Crippen LogP contribution in [0, 0.1) is 5.82 Å². The summed E-state index contributed by atoms with van der Waals surface area (Å²) >= 11 is 11.5. The molecule has 1 amide bonds. The van der Waals surface area contributed by atoms with E-state index in [0.717, 1.165) is 23.3 Å². The maximum atomic E-state index is 14.2. The van der Waals surface area contributed by atoms with Crippen LogP contribution in [0.3, 0.4) is 0 Å². The van der Waals surface area contributed by atoms with Crippen molar-refractivity contribution in [3.8, 4) is 0 Å². The van der Waals surface area contributed by atoms with Crippen LogP contribution in [0.1, 0.15) is 40.5 Å². The number of amides is 1. The zero-order valence-corrected chi connectivity index (χ0v) is 20.1. The molecule has 2 atom stereocenters. The largest absolute Gasteiger partial charge is 0.435 e. The predicted molar refractivity (Wildman–Crippen MR) is 120 cm³/mol. The van der Waals surface area contributed by atoms with Gasteiger partial charge in [0, 0.05) is 38.0 Å². The Morgan fingerprint density at radius 2 is 1.91 bits per heavy atom. The highest BCUT2D eigenvalue weighted by molar-refractivity contribution is 6.35. The monoisotopic (exact) mass is 534 g/mol. The number of alkyl halides is 3. The molecule has 1 N–H and O–H groups in total.